The SMILES string of the molecule is CCC(C)C(NC(=O)C(Cc1ccc(O)cc1)NC(=O)C(N)Cc1ccccc1)C(=O)NC(CCCN=C(N)N)C(=O)O. The molecule has 0 aromatic heterocycles. The van der Waals surface area contributed by atoms with Crippen LogP contribution in [0.1, 0.15) is 44.2 Å². The van der Waals surface area contributed by atoms with Crippen LogP contribution < -0.4 is 33.2 Å². The van der Waals surface area contributed by atoms with Gasteiger partial charge in [-0.05, 0) is 48.4 Å². The predicted molar refractivity (Wildman–Crippen MR) is 163 cm³/mol. The lowest BCUT2D eigenvalue weighted by Gasteiger charge is -2.28. The van der Waals surface area contributed by atoms with E-state index in [-0.39, 0.29) is 43.4 Å². The van der Waals surface area contributed by atoms with Crippen molar-refractivity contribution in [2.24, 2.45) is 28.1 Å². The number of aromatic hydroxyl groups is 1. The number of phenolic OH excluding ortho intramolecular Hbond substituents is 1. The van der Waals surface area contributed by atoms with Crippen LogP contribution in [0.2, 0.25) is 0 Å². The highest BCUT2D eigenvalue weighted by molar-refractivity contribution is 5.94. The van der Waals surface area contributed by atoms with Gasteiger partial charge in [0.2, 0.25) is 17.7 Å². The molecular weight excluding hydrogens is 554 g/mol. The number of carbonyl (C=O) groups excluding carboxylic acids is 3. The van der Waals surface area contributed by atoms with E-state index in [4.69, 9.17) is 17.2 Å². The third-order valence-corrected chi connectivity index (χ3v) is 7.00. The summed E-state index contributed by atoms with van der Waals surface area (Å²) in [7, 11) is 0. The maximum absolute atomic E-state index is 13.6. The third-order valence-electron chi connectivity index (χ3n) is 7.00. The van der Waals surface area contributed by atoms with Gasteiger partial charge in [-0.15, -0.1) is 0 Å². The van der Waals surface area contributed by atoms with E-state index >= 15 is 0 Å². The van der Waals surface area contributed by atoms with Crippen molar-refractivity contribution in [3.63, 3.8) is 0 Å². The number of phenols is 1. The van der Waals surface area contributed by atoms with Crippen LogP contribution in [-0.4, -0.2) is 70.6 Å². The Morgan fingerprint density at radius 1 is 0.837 bits per heavy atom. The summed E-state index contributed by atoms with van der Waals surface area (Å²) < 4.78 is 0. The van der Waals surface area contributed by atoms with Crippen LogP contribution in [0.25, 0.3) is 0 Å². The highest BCUT2D eigenvalue weighted by Gasteiger charge is 2.33. The molecule has 2 aromatic rings. The molecule has 5 unspecified atom stereocenters. The Kier molecular flexibility index (Phi) is 13.9. The number of carboxylic acid groups (broad SMARTS) is 1. The zero-order chi connectivity index (χ0) is 31.9. The number of guanidine groups is 1. The van der Waals surface area contributed by atoms with Crippen LogP contribution >= 0.6 is 0 Å². The molecule has 0 radical (unpaired) electrons. The second-order valence-corrected chi connectivity index (χ2v) is 10.4. The average Bonchev–Trinajstić information content (AvgIpc) is 2.97. The fraction of sp³-hybridized carbons (Fsp3) is 0.433. The summed E-state index contributed by atoms with van der Waals surface area (Å²) in [6.45, 7) is 3.78. The number of rotatable bonds is 17. The fourth-order valence-corrected chi connectivity index (χ4v) is 4.29. The molecule has 0 saturated heterocycles. The molecule has 0 fully saturated rings. The van der Waals surface area contributed by atoms with E-state index in [0.717, 1.165) is 5.56 Å². The molecule has 11 N–H and O–H groups in total. The predicted octanol–water partition coefficient (Wildman–Crippen LogP) is 0.143. The number of carbonyl (C=O) groups is 4. The van der Waals surface area contributed by atoms with Gasteiger partial charge in [0, 0.05) is 13.0 Å². The van der Waals surface area contributed by atoms with E-state index in [9.17, 15) is 29.4 Å². The number of hydrogen-bond donors (Lipinski definition) is 8. The molecule has 13 heteroatoms. The minimum absolute atomic E-state index is 0.0402. The molecule has 43 heavy (non-hydrogen) atoms. The molecule has 3 amide bonds. The second kappa shape index (κ2) is 17.3. The number of nitrogens with zero attached hydrogens (tertiary/aromatic N) is 1. The smallest absolute Gasteiger partial charge is 0.326 e. The Bertz CT molecular complexity index is 1240. The number of benzene rings is 2. The topological polar surface area (TPSA) is 235 Å². The van der Waals surface area contributed by atoms with Gasteiger partial charge in [0.1, 0.15) is 23.9 Å². The number of nitrogens with one attached hydrogen (secondary N) is 3. The van der Waals surface area contributed by atoms with E-state index in [1.54, 1.807) is 19.1 Å². The van der Waals surface area contributed by atoms with E-state index in [1.165, 1.54) is 12.1 Å². The Labute approximate surface area is 251 Å². The maximum atomic E-state index is 13.6. The quantitative estimate of drug-likeness (QED) is 0.0702. The highest BCUT2D eigenvalue weighted by atomic mass is 16.4. The molecular formula is C30H43N7O6. The van der Waals surface area contributed by atoms with Crippen LogP contribution in [0.5, 0.6) is 5.75 Å². The summed E-state index contributed by atoms with van der Waals surface area (Å²) in [5.41, 5.74) is 18.3. The highest BCUT2D eigenvalue weighted by Crippen LogP contribution is 2.14. The molecule has 0 heterocycles. The van der Waals surface area contributed by atoms with Crippen molar-refractivity contribution in [1.82, 2.24) is 16.0 Å². The number of aliphatic imine (C=N–C) groups is 1. The average molecular weight is 598 g/mol. The summed E-state index contributed by atoms with van der Waals surface area (Å²) in [6.07, 6.45) is 1.17. The van der Waals surface area contributed by atoms with Gasteiger partial charge in [0.05, 0.1) is 6.04 Å². The summed E-state index contributed by atoms with van der Waals surface area (Å²) in [4.78, 5) is 55.6. The molecule has 0 aliphatic carbocycles. The van der Waals surface area contributed by atoms with E-state index in [0.29, 0.717) is 18.4 Å². The van der Waals surface area contributed by atoms with Gasteiger partial charge in [-0.25, -0.2) is 4.79 Å². The monoisotopic (exact) mass is 597 g/mol. The summed E-state index contributed by atoms with van der Waals surface area (Å²) in [5, 5.41) is 27.2. The van der Waals surface area contributed by atoms with Crippen LogP contribution in [-0.2, 0) is 32.0 Å². The molecule has 0 spiro atoms. The largest absolute Gasteiger partial charge is 0.508 e. The van der Waals surface area contributed by atoms with E-state index in [1.807, 2.05) is 37.3 Å². The van der Waals surface area contributed by atoms with E-state index < -0.39 is 47.9 Å². The molecule has 0 saturated carbocycles. The lowest BCUT2D eigenvalue weighted by Crippen LogP contribution is -2.59. The molecule has 2 aromatic carbocycles. The van der Waals surface area contributed by atoms with Gasteiger partial charge < -0.3 is 43.4 Å². The molecule has 234 valence electrons. The molecule has 13 nitrogen and oxygen atoms in total. The Morgan fingerprint density at radius 2 is 1.44 bits per heavy atom. The van der Waals surface area contributed by atoms with Gasteiger partial charge >= 0.3 is 5.97 Å². The fourth-order valence-electron chi connectivity index (χ4n) is 4.29. The Balaban J connectivity index is 2.21. The third kappa shape index (κ3) is 12.0. The van der Waals surface area contributed by atoms with Crippen molar-refractivity contribution >= 4 is 29.7 Å². The van der Waals surface area contributed by atoms with Gasteiger partial charge in [-0.2, -0.15) is 0 Å². The minimum Gasteiger partial charge on any atom is -0.508 e. The normalized spacial score (nSPS) is 14.3. The summed E-state index contributed by atoms with van der Waals surface area (Å²) in [5.74, 6) is -3.56. The molecule has 0 bridgehead atoms. The van der Waals surface area contributed by atoms with Crippen molar-refractivity contribution in [1.29, 1.82) is 0 Å². The van der Waals surface area contributed by atoms with Crippen molar-refractivity contribution < 1.29 is 29.4 Å². The van der Waals surface area contributed by atoms with Gasteiger partial charge in [-0.1, -0.05) is 62.7 Å². The molecule has 5 atom stereocenters. The van der Waals surface area contributed by atoms with Crippen molar-refractivity contribution in [3.8, 4) is 5.75 Å². The van der Waals surface area contributed by atoms with Crippen LogP contribution in [0.15, 0.2) is 59.6 Å². The Morgan fingerprint density at radius 3 is 2.02 bits per heavy atom. The second-order valence-electron chi connectivity index (χ2n) is 10.4. The zero-order valence-electron chi connectivity index (χ0n) is 24.5. The maximum Gasteiger partial charge on any atom is 0.326 e. The lowest BCUT2D eigenvalue weighted by molar-refractivity contribution is -0.142. The van der Waals surface area contributed by atoms with E-state index in [2.05, 4.69) is 20.9 Å². The van der Waals surface area contributed by atoms with Crippen LogP contribution in [0.4, 0.5) is 0 Å². The first-order valence-corrected chi connectivity index (χ1v) is 14.2. The van der Waals surface area contributed by atoms with Gasteiger partial charge in [0.15, 0.2) is 5.96 Å². The van der Waals surface area contributed by atoms with Crippen molar-refractivity contribution in [2.75, 3.05) is 6.54 Å². The number of aliphatic carboxylic acids is 1. The standard InChI is InChI=1S/C30H43N7O6/c1-3-18(2)25(28(41)35-23(29(42)43)10-7-15-34-30(32)33)37-27(40)24(17-20-11-13-21(38)14-12-20)36-26(39)22(31)16-19-8-5-4-6-9-19/h4-6,8-9,11-14,18,22-25,38H,3,7,10,15-17,31H2,1-2H3,(H,35,41)(H,36,39)(H,37,40)(H,42,43)(H4,32,33,34). The number of hydrogen-bond acceptors (Lipinski definition) is 7. The van der Waals surface area contributed by atoms with Gasteiger partial charge in [-0.3, -0.25) is 19.4 Å². The van der Waals surface area contributed by atoms with Crippen LogP contribution in [0, 0.1) is 5.92 Å². The molecule has 0 aliphatic heterocycles. The van der Waals surface area contributed by atoms with Gasteiger partial charge in [0.25, 0.3) is 0 Å². The number of nitrogens with two attached hydrogens (primary N) is 3. The molecule has 0 aliphatic rings. The minimum atomic E-state index is -1.24. The number of amides is 3. The van der Waals surface area contributed by atoms with Crippen molar-refractivity contribution in [3.05, 3.63) is 65.7 Å². The summed E-state index contributed by atoms with van der Waals surface area (Å²) >= 11 is 0. The first-order chi connectivity index (χ1) is 20.4. The molecule has 2 rings (SSSR count). The first kappa shape index (κ1) is 34.6. The van der Waals surface area contributed by atoms with Crippen molar-refractivity contribution in [2.45, 2.75) is 70.1 Å². The number of carboxylic acids is 1. The first-order valence-electron chi connectivity index (χ1n) is 14.2. The summed E-state index contributed by atoms with van der Waals surface area (Å²) in [6, 6.07) is 11.0. The Hall–Kier alpha value is -4.65. The van der Waals surface area contributed by atoms with Crippen LogP contribution in [0.3, 0.4) is 0 Å². The zero-order valence-corrected chi connectivity index (χ0v) is 24.5. The lowest BCUT2D eigenvalue weighted by atomic mass is 9.96.